The molecule has 0 saturated carbocycles. The van der Waals surface area contributed by atoms with Crippen LogP contribution in [0.25, 0.3) is 22.7 Å². The first-order valence-corrected chi connectivity index (χ1v) is 11.1. The van der Waals surface area contributed by atoms with Crippen LogP contribution in [0.15, 0.2) is 40.3 Å². The predicted octanol–water partition coefficient (Wildman–Crippen LogP) is 4.73. The number of halogens is 4. The van der Waals surface area contributed by atoms with Crippen molar-refractivity contribution in [3.8, 4) is 22.7 Å². The molecule has 0 unspecified atom stereocenters. The highest BCUT2D eigenvalue weighted by molar-refractivity contribution is 7.10. The Morgan fingerprint density at radius 3 is 2.73 bits per heavy atom. The van der Waals surface area contributed by atoms with Crippen LogP contribution in [0, 0.1) is 5.82 Å². The zero-order chi connectivity index (χ0) is 22.9. The summed E-state index contributed by atoms with van der Waals surface area (Å²) in [7, 11) is 0. The summed E-state index contributed by atoms with van der Waals surface area (Å²) in [6.07, 6.45) is -1.34. The van der Waals surface area contributed by atoms with Crippen LogP contribution in [0.3, 0.4) is 0 Å². The fourth-order valence-corrected chi connectivity index (χ4v) is 4.60. The van der Waals surface area contributed by atoms with Crippen LogP contribution in [0.5, 0.6) is 0 Å². The highest BCUT2D eigenvalue weighted by Gasteiger charge is 2.22. The molecule has 1 aliphatic rings. The third-order valence-electron chi connectivity index (χ3n) is 5.34. The molecule has 172 valence electrons. The van der Waals surface area contributed by atoms with Gasteiger partial charge in [0.05, 0.1) is 12.7 Å². The van der Waals surface area contributed by atoms with Crippen molar-refractivity contribution in [1.29, 1.82) is 0 Å². The molecule has 0 radical (unpaired) electrons. The van der Waals surface area contributed by atoms with E-state index in [2.05, 4.69) is 25.4 Å². The zero-order valence-electron chi connectivity index (χ0n) is 17.2. The minimum atomic E-state index is -2.89. The van der Waals surface area contributed by atoms with Gasteiger partial charge < -0.3 is 4.42 Å². The molecule has 4 heterocycles. The number of hydrogen-bond acceptors (Lipinski definition) is 7. The van der Waals surface area contributed by atoms with Crippen molar-refractivity contribution in [3.63, 3.8) is 0 Å². The maximum atomic E-state index is 14.6. The molecule has 0 spiro atoms. The molecule has 1 saturated heterocycles. The second-order valence-corrected chi connectivity index (χ2v) is 8.77. The highest BCUT2D eigenvalue weighted by Crippen LogP contribution is 2.27. The molecule has 0 aliphatic carbocycles. The second kappa shape index (κ2) is 9.02. The number of hydrogen-bond donors (Lipinski definition) is 0. The molecule has 0 amide bonds. The first-order valence-electron chi connectivity index (χ1n) is 10.2. The van der Waals surface area contributed by atoms with Gasteiger partial charge in [0.15, 0.2) is 0 Å². The van der Waals surface area contributed by atoms with Crippen LogP contribution in [-0.4, -0.2) is 49.4 Å². The van der Waals surface area contributed by atoms with E-state index in [9.17, 15) is 17.6 Å². The molecule has 1 aliphatic heterocycles. The Kier molecular flexibility index (Phi) is 5.94. The van der Waals surface area contributed by atoms with E-state index in [-0.39, 0.29) is 18.0 Å². The lowest BCUT2D eigenvalue weighted by Gasteiger charge is -2.12. The lowest BCUT2D eigenvalue weighted by Crippen LogP contribution is -2.19. The Morgan fingerprint density at radius 1 is 1.12 bits per heavy atom. The Morgan fingerprint density at radius 2 is 2.00 bits per heavy atom. The molecule has 7 nitrogen and oxygen atoms in total. The summed E-state index contributed by atoms with van der Waals surface area (Å²) in [6.45, 7) is 2.06. The monoisotopic (exact) mass is 478 g/mol. The van der Waals surface area contributed by atoms with Crippen LogP contribution < -0.4 is 0 Å². The number of rotatable bonds is 7. The number of likely N-dealkylation sites (tertiary alicyclic amines) is 1. The summed E-state index contributed by atoms with van der Waals surface area (Å²) in [6, 6.07) is 6.19. The van der Waals surface area contributed by atoms with Crippen LogP contribution in [0.4, 0.5) is 17.6 Å². The minimum Gasteiger partial charge on any atom is -0.415 e. The van der Waals surface area contributed by atoms with Crippen molar-refractivity contribution in [1.82, 2.24) is 30.1 Å². The quantitative estimate of drug-likeness (QED) is 0.358. The average molecular weight is 478 g/mol. The van der Waals surface area contributed by atoms with E-state index in [4.69, 9.17) is 4.42 Å². The van der Waals surface area contributed by atoms with Crippen molar-refractivity contribution in [2.24, 2.45) is 0 Å². The van der Waals surface area contributed by atoms with Crippen LogP contribution in [0.2, 0.25) is 0 Å². The third-order valence-corrected chi connectivity index (χ3v) is 6.26. The van der Waals surface area contributed by atoms with Crippen LogP contribution in [0.1, 0.15) is 29.2 Å². The van der Waals surface area contributed by atoms with Crippen LogP contribution in [-0.2, 0) is 13.1 Å². The van der Waals surface area contributed by atoms with E-state index < -0.39 is 24.3 Å². The molecule has 1 fully saturated rings. The maximum Gasteiger partial charge on any atom is 0.314 e. The van der Waals surface area contributed by atoms with Gasteiger partial charge in [0.2, 0.25) is 5.89 Å². The Balaban J connectivity index is 1.26. The minimum absolute atomic E-state index is 0.133. The Labute approximate surface area is 189 Å². The number of aromatic nitrogens is 5. The lowest BCUT2D eigenvalue weighted by molar-refractivity contribution is 0.116. The molecule has 1 aromatic carbocycles. The molecule has 0 bridgehead atoms. The molecule has 1 atom stereocenters. The maximum absolute atomic E-state index is 14.6. The molecular weight excluding hydrogens is 460 g/mol. The average Bonchev–Trinajstić information content (AvgIpc) is 3.57. The second-order valence-electron chi connectivity index (χ2n) is 7.78. The summed E-state index contributed by atoms with van der Waals surface area (Å²) < 4.78 is 59.6. The van der Waals surface area contributed by atoms with E-state index in [1.54, 1.807) is 17.5 Å². The SMILES string of the molecule is Fc1cc(-c2nnc(C(F)F)o2)ccc1Cn1cc(-c2csc(CN3CC[C@@H](F)C3)c2)nn1. The van der Waals surface area contributed by atoms with Gasteiger partial charge in [-0.2, -0.15) is 8.78 Å². The molecule has 3 aromatic heterocycles. The molecule has 12 heteroatoms. The van der Waals surface area contributed by atoms with E-state index in [0.29, 0.717) is 30.8 Å². The summed E-state index contributed by atoms with van der Waals surface area (Å²) in [5, 5.41) is 17.0. The van der Waals surface area contributed by atoms with Gasteiger partial charge in [-0.1, -0.05) is 11.3 Å². The summed E-state index contributed by atoms with van der Waals surface area (Å²) >= 11 is 1.58. The predicted molar refractivity (Wildman–Crippen MR) is 112 cm³/mol. The van der Waals surface area contributed by atoms with Crippen molar-refractivity contribution in [3.05, 3.63) is 58.0 Å². The summed E-state index contributed by atoms with van der Waals surface area (Å²) in [5.74, 6) is -1.55. The Hall–Kier alpha value is -3.12. The summed E-state index contributed by atoms with van der Waals surface area (Å²) in [4.78, 5) is 3.21. The van der Waals surface area contributed by atoms with Gasteiger partial charge in [0, 0.05) is 46.6 Å². The van der Waals surface area contributed by atoms with Gasteiger partial charge in [-0.15, -0.1) is 26.6 Å². The molecule has 33 heavy (non-hydrogen) atoms. The van der Waals surface area contributed by atoms with Gasteiger partial charge in [-0.05, 0) is 24.6 Å². The normalized spacial score (nSPS) is 16.8. The standard InChI is InChI=1S/C21H18F4N6OS/c22-15-3-4-30(8-15)9-16-5-14(11-33-16)18-10-31(29-26-18)7-13-2-1-12(6-17(13)23)20-27-28-21(32-20)19(24)25/h1-2,5-6,10-11,15,19H,3-4,7-9H2/t15-/m1/s1. The largest absolute Gasteiger partial charge is 0.415 e. The first kappa shape index (κ1) is 21.7. The molecule has 5 rings (SSSR count). The number of nitrogens with zero attached hydrogens (tertiary/aromatic N) is 6. The topological polar surface area (TPSA) is 72.9 Å². The smallest absolute Gasteiger partial charge is 0.314 e. The van der Waals surface area contributed by atoms with E-state index in [1.807, 2.05) is 11.4 Å². The van der Waals surface area contributed by atoms with Crippen molar-refractivity contribution in [2.75, 3.05) is 13.1 Å². The van der Waals surface area contributed by atoms with Gasteiger partial charge >= 0.3 is 6.43 Å². The van der Waals surface area contributed by atoms with Gasteiger partial charge in [0.25, 0.3) is 5.89 Å². The molecule has 4 aromatic rings. The summed E-state index contributed by atoms with van der Waals surface area (Å²) in [5.41, 5.74) is 2.10. The first-order chi connectivity index (χ1) is 15.9. The van der Waals surface area contributed by atoms with E-state index in [1.165, 1.54) is 16.8 Å². The van der Waals surface area contributed by atoms with Crippen molar-refractivity contribution < 1.29 is 22.0 Å². The Bertz CT molecular complexity index is 1260. The zero-order valence-corrected chi connectivity index (χ0v) is 18.0. The van der Waals surface area contributed by atoms with Gasteiger partial charge in [-0.3, -0.25) is 4.90 Å². The third kappa shape index (κ3) is 4.81. The fourth-order valence-electron chi connectivity index (χ4n) is 3.68. The van der Waals surface area contributed by atoms with Crippen LogP contribution >= 0.6 is 11.3 Å². The lowest BCUT2D eigenvalue weighted by atomic mass is 10.1. The molecule has 0 N–H and O–H groups in total. The number of benzene rings is 1. The van der Waals surface area contributed by atoms with Crippen molar-refractivity contribution in [2.45, 2.75) is 32.1 Å². The highest BCUT2D eigenvalue weighted by atomic mass is 32.1. The van der Waals surface area contributed by atoms with E-state index >= 15 is 0 Å². The fraction of sp³-hybridized carbons (Fsp3) is 0.333. The van der Waals surface area contributed by atoms with E-state index in [0.717, 1.165) is 23.1 Å². The molecular formula is C21H18F4N6OS. The van der Waals surface area contributed by atoms with Gasteiger partial charge in [0.1, 0.15) is 17.7 Å². The number of alkyl halides is 3. The van der Waals surface area contributed by atoms with Crippen molar-refractivity contribution >= 4 is 11.3 Å². The van der Waals surface area contributed by atoms with Gasteiger partial charge in [-0.25, -0.2) is 13.5 Å². The number of thiophene rings is 1.